The van der Waals surface area contributed by atoms with E-state index < -0.39 is 5.54 Å². The highest BCUT2D eigenvalue weighted by Crippen LogP contribution is 2.37. The van der Waals surface area contributed by atoms with E-state index in [9.17, 15) is 4.79 Å². The minimum absolute atomic E-state index is 0.0503. The minimum Gasteiger partial charge on any atom is -0.343 e. The van der Waals surface area contributed by atoms with Crippen LogP contribution in [0.3, 0.4) is 0 Å². The molecule has 0 saturated heterocycles. The van der Waals surface area contributed by atoms with Crippen molar-refractivity contribution in [1.82, 2.24) is 15.5 Å². The van der Waals surface area contributed by atoms with Gasteiger partial charge in [0.1, 0.15) is 5.54 Å². The molecule has 1 saturated carbocycles. The molecule has 1 aromatic rings. The Morgan fingerprint density at radius 2 is 2.05 bits per heavy atom. The van der Waals surface area contributed by atoms with Crippen molar-refractivity contribution in [1.29, 1.82) is 0 Å². The number of rotatable bonds is 4. The topological polar surface area (TPSA) is 68.0 Å². The van der Waals surface area contributed by atoms with Gasteiger partial charge in [-0.15, -0.1) is 11.8 Å². The number of aromatic nitrogens is 2. The zero-order chi connectivity index (χ0) is 14.8. The molecule has 0 spiro atoms. The first-order valence-electron chi connectivity index (χ1n) is 7.07. The lowest BCUT2D eigenvalue weighted by Crippen LogP contribution is -2.45. The molecule has 1 N–H and O–H groups in total. The molecule has 6 heteroatoms. The van der Waals surface area contributed by atoms with Crippen molar-refractivity contribution in [2.45, 2.75) is 63.7 Å². The molecule has 5 nitrogen and oxygen atoms in total. The number of nitrogens with one attached hydrogen (secondary N) is 1. The highest BCUT2D eigenvalue weighted by Gasteiger charge is 2.41. The number of nitrogens with zero attached hydrogens (tertiary/aromatic N) is 2. The molecule has 1 aliphatic rings. The Morgan fingerprint density at radius 3 is 2.55 bits per heavy atom. The van der Waals surface area contributed by atoms with E-state index >= 15 is 0 Å². The van der Waals surface area contributed by atoms with E-state index in [1.807, 2.05) is 0 Å². The van der Waals surface area contributed by atoms with Gasteiger partial charge < -0.3 is 9.84 Å². The van der Waals surface area contributed by atoms with Gasteiger partial charge in [-0.3, -0.25) is 4.79 Å². The van der Waals surface area contributed by atoms with Crippen LogP contribution in [-0.2, 0) is 10.3 Å². The predicted octanol–water partition coefficient (Wildman–Crippen LogP) is 2.80. The number of carbonyl (C=O) groups is 1. The normalized spacial score (nSPS) is 18.2. The Hall–Kier alpha value is -1.04. The maximum Gasteiger partial charge on any atom is 0.230 e. The zero-order valence-corrected chi connectivity index (χ0v) is 13.5. The lowest BCUT2D eigenvalue weighted by molar-refractivity contribution is -0.120. The van der Waals surface area contributed by atoms with Crippen LogP contribution in [0, 0.1) is 6.92 Å². The molecule has 0 aliphatic heterocycles. The molecule has 1 fully saturated rings. The van der Waals surface area contributed by atoms with Crippen LogP contribution < -0.4 is 5.32 Å². The summed E-state index contributed by atoms with van der Waals surface area (Å²) < 4.78 is 5.17. The molecular weight excluding hydrogens is 274 g/mol. The lowest BCUT2D eigenvalue weighted by atomic mass is 9.96. The molecule has 0 atom stereocenters. The molecule has 20 heavy (non-hydrogen) atoms. The lowest BCUT2D eigenvalue weighted by Gasteiger charge is -2.27. The summed E-state index contributed by atoms with van der Waals surface area (Å²) in [6, 6.07) is 0. The first-order valence-corrected chi connectivity index (χ1v) is 8.05. The van der Waals surface area contributed by atoms with E-state index in [0.29, 0.717) is 17.5 Å². The fourth-order valence-corrected chi connectivity index (χ4v) is 3.10. The van der Waals surface area contributed by atoms with Crippen LogP contribution in [0.15, 0.2) is 4.52 Å². The monoisotopic (exact) mass is 297 g/mol. The largest absolute Gasteiger partial charge is 0.343 e. The summed E-state index contributed by atoms with van der Waals surface area (Å²) in [6.07, 6.45) is 3.94. The van der Waals surface area contributed by atoms with Gasteiger partial charge >= 0.3 is 0 Å². The van der Waals surface area contributed by atoms with Crippen LogP contribution in [0.1, 0.15) is 58.2 Å². The van der Waals surface area contributed by atoms with Crippen molar-refractivity contribution in [2.24, 2.45) is 0 Å². The molecule has 1 aliphatic carbocycles. The summed E-state index contributed by atoms with van der Waals surface area (Å²) in [4.78, 5) is 16.5. The van der Waals surface area contributed by atoms with Crippen molar-refractivity contribution in [3.05, 3.63) is 11.7 Å². The van der Waals surface area contributed by atoms with E-state index in [4.69, 9.17) is 4.52 Å². The van der Waals surface area contributed by atoms with Crippen molar-refractivity contribution in [2.75, 3.05) is 5.75 Å². The number of hydrogen-bond donors (Lipinski definition) is 1. The maximum atomic E-state index is 12.2. The third kappa shape index (κ3) is 3.75. The third-order valence-corrected chi connectivity index (χ3v) is 4.70. The molecule has 0 aromatic carbocycles. The molecule has 0 unspecified atom stereocenters. The van der Waals surface area contributed by atoms with Gasteiger partial charge in [-0.1, -0.05) is 38.8 Å². The summed E-state index contributed by atoms with van der Waals surface area (Å²) in [7, 11) is 0. The van der Waals surface area contributed by atoms with E-state index in [1.54, 1.807) is 18.7 Å². The fraction of sp³-hybridized carbons (Fsp3) is 0.786. The number of carbonyl (C=O) groups excluding carboxylic acids is 1. The van der Waals surface area contributed by atoms with Crippen molar-refractivity contribution >= 4 is 17.7 Å². The molecule has 1 aromatic heterocycles. The second-order valence-electron chi connectivity index (χ2n) is 6.38. The first kappa shape index (κ1) is 15.4. The third-order valence-electron chi connectivity index (χ3n) is 3.43. The van der Waals surface area contributed by atoms with Crippen LogP contribution in [0.4, 0.5) is 0 Å². The van der Waals surface area contributed by atoms with Gasteiger partial charge in [-0.05, 0) is 12.8 Å². The molecule has 112 valence electrons. The predicted molar refractivity (Wildman–Crippen MR) is 79.5 cm³/mol. The van der Waals surface area contributed by atoms with E-state index in [-0.39, 0.29) is 10.7 Å². The van der Waals surface area contributed by atoms with Crippen molar-refractivity contribution in [3.8, 4) is 0 Å². The van der Waals surface area contributed by atoms with E-state index in [0.717, 1.165) is 25.7 Å². The van der Waals surface area contributed by atoms with Crippen LogP contribution in [0.5, 0.6) is 0 Å². The van der Waals surface area contributed by atoms with Gasteiger partial charge in [0.2, 0.25) is 11.8 Å². The van der Waals surface area contributed by atoms with Crippen LogP contribution in [0.2, 0.25) is 0 Å². The second-order valence-corrected chi connectivity index (χ2v) is 8.18. The van der Waals surface area contributed by atoms with Gasteiger partial charge in [0.15, 0.2) is 5.82 Å². The number of amides is 1. The van der Waals surface area contributed by atoms with Crippen LogP contribution >= 0.6 is 11.8 Å². The molecule has 1 amide bonds. The minimum atomic E-state index is -0.423. The van der Waals surface area contributed by atoms with Crippen LogP contribution in [-0.4, -0.2) is 26.5 Å². The second kappa shape index (κ2) is 5.76. The average Bonchev–Trinajstić information content (AvgIpc) is 2.96. The molecule has 2 rings (SSSR count). The standard InChI is InChI=1S/C14H23N3O2S/c1-10-15-12(17-19-10)14(7-5-6-8-14)16-11(18)9-20-13(2,3)4/h5-9H2,1-4H3,(H,16,18). The Morgan fingerprint density at radius 1 is 1.40 bits per heavy atom. The fourth-order valence-electron chi connectivity index (χ4n) is 2.46. The van der Waals surface area contributed by atoms with Crippen molar-refractivity contribution in [3.63, 3.8) is 0 Å². The Kier molecular flexibility index (Phi) is 4.42. The molecule has 0 radical (unpaired) electrons. The molecule has 0 bridgehead atoms. The maximum absolute atomic E-state index is 12.2. The molecule has 1 heterocycles. The SMILES string of the molecule is Cc1nc(C2(NC(=O)CSC(C)(C)C)CCCC2)no1. The van der Waals surface area contributed by atoms with Gasteiger partial charge in [0, 0.05) is 11.7 Å². The number of hydrogen-bond acceptors (Lipinski definition) is 5. The van der Waals surface area contributed by atoms with Gasteiger partial charge in [-0.25, -0.2) is 0 Å². The first-order chi connectivity index (χ1) is 9.31. The summed E-state index contributed by atoms with van der Waals surface area (Å²) in [5.74, 6) is 1.68. The van der Waals surface area contributed by atoms with Crippen LogP contribution in [0.25, 0.3) is 0 Å². The Labute approximate surface area is 124 Å². The zero-order valence-electron chi connectivity index (χ0n) is 12.7. The van der Waals surface area contributed by atoms with E-state index in [1.165, 1.54) is 0 Å². The summed E-state index contributed by atoms with van der Waals surface area (Å²) in [6.45, 7) is 8.10. The van der Waals surface area contributed by atoms with Gasteiger partial charge in [-0.2, -0.15) is 4.98 Å². The number of aryl methyl sites for hydroxylation is 1. The van der Waals surface area contributed by atoms with Gasteiger partial charge in [0.05, 0.1) is 5.75 Å². The molecular formula is C14H23N3O2S. The highest BCUT2D eigenvalue weighted by molar-refractivity contribution is 8.01. The van der Waals surface area contributed by atoms with Crippen molar-refractivity contribution < 1.29 is 9.32 Å². The summed E-state index contributed by atoms with van der Waals surface area (Å²) in [5.41, 5.74) is -0.423. The highest BCUT2D eigenvalue weighted by atomic mass is 32.2. The number of thioether (sulfide) groups is 1. The average molecular weight is 297 g/mol. The Balaban J connectivity index is 2.05. The quantitative estimate of drug-likeness (QED) is 0.925. The smallest absolute Gasteiger partial charge is 0.230 e. The summed E-state index contributed by atoms with van der Waals surface area (Å²) >= 11 is 1.65. The summed E-state index contributed by atoms with van der Waals surface area (Å²) in [5, 5.41) is 7.17. The Bertz CT molecular complexity index is 473. The van der Waals surface area contributed by atoms with Gasteiger partial charge in [0.25, 0.3) is 0 Å². The van der Waals surface area contributed by atoms with E-state index in [2.05, 4.69) is 36.2 Å².